The van der Waals surface area contributed by atoms with Crippen molar-refractivity contribution in [3.8, 4) is 23.0 Å². The van der Waals surface area contributed by atoms with Crippen LogP contribution in [0, 0.1) is 6.92 Å². The Bertz CT molecular complexity index is 1320. The summed E-state index contributed by atoms with van der Waals surface area (Å²) in [6, 6.07) is 20.2. The summed E-state index contributed by atoms with van der Waals surface area (Å²) in [5.74, 6) is 2.13. The van der Waals surface area contributed by atoms with Crippen LogP contribution < -0.4 is 14.2 Å². The fraction of sp³-hybridized carbons (Fsp3) is 0.185. The standard InChI is InChI=1S/C27H23NO5/c1-17-8-9-23(21(12-17)27(29)18-6-4-3-5-7-18)33-24-10-11-28-22-14-26(32-16-19-15-31-19)25(30-2)13-20(22)24/h3-14,19H,15-16H2,1-2H3. The van der Waals surface area contributed by atoms with Crippen LogP contribution >= 0.6 is 0 Å². The number of ether oxygens (including phenoxy) is 4. The van der Waals surface area contributed by atoms with E-state index in [4.69, 9.17) is 18.9 Å². The van der Waals surface area contributed by atoms with E-state index < -0.39 is 0 Å². The Morgan fingerprint density at radius 2 is 1.82 bits per heavy atom. The second-order valence-corrected chi connectivity index (χ2v) is 7.89. The molecule has 2 heterocycles. The molecule has 6 heteroatoms. The molecule has 1 aliphatic rings. The third-order valence-electron chi connectivity index (χ3n) is 5.45. The highest BCUT2D eigenvalue weighted by atomic mass is 16.6. The summed E-state index contributed by atoms with van der Waals surface area (Å²) in [6.07, 6.45) is 1.81. The average molecular weight is 441 g/mol. The monoisotopic (exact) mass is 441 g/mol. The van der Waals surface area contributed by atoms with Gasteiger partial charge >= 0.3 is 0 Å². The number of fused-ring (bicyclic) bond motifs is 1. The molecule has 1 saturated heterocycles. The molecular weight excluding hydrogens is 418 g/mol. The van der Waals surface area contributed by atoms with Crippen molar-refractivity contribution in [2.24, 2.45) is 0 Å². The lowest BCUT2D eigenvalue weighted by molar-refractivity contribution is 0.103. The van der Waals surface area contributed by atoms with E-state index in [-0.39, 0.29) is 11.9 Å². The number of rotatable bonds is 8. The van der Waals surface area contributed by atoms with Gasteiger partial charge in [0.2, 0.25) is 0 Å². The first-order chi connectivity index (χ1) is 16.1. The Kier molecular flexibility index (Phi) is 5.67. The number of hydrogen-bond acceptors (Lipinski definition) is 6. The summed E-state index contributed by atoms with van der Waals surface area (Å²) in [5.41, 5.74) is 2.78. The first-order valence-electron chi connectivity index (χ1n) is 10.7. The highest BCUT2D eigenvalue weighted by molar-refractivity contribution is 6.11. The van der Waals surface area contributed by atoms with Gasteiger partial charge in [0, 0.05) is 23.2 Å². The van der Waals surface area contributed by atoms with E-state index in [9.17, 15) is 4.79 Å². The van der Waals surface area contributed by atoms with Gasteiger partial charge in [-0.3, -0.25) is 9.78 Å². The third kappa shape index (κ3) is 4.52. The van der Waals surface area contributed by atoms with E-state index in [1.54, 1.807) is 31.5 Å². The number of carbonyl (C=O) groups is 1. The summed E-state index contributed by atoms with van der Waals surface area (Å²) < 4.78 is 22.9. The van der Waals surface area contributed by atoms with Gasteiger partial charge in [0.05, 0.1) is 24.8 Å². The van der Waals surface area contributed by atoms with E-state index in [0.717, 1.165) is 10.9 Å². The SMILES string of the molecule is COc1cc2c(Oc3ccc(C)cc3C(=O)c3ccccc3)ccnc2cc1OCC1CO1. The number of epoxide rings is 1. The van der Waals surface area contributed by atoms with Crippen LogP contribution in [0.25, 0.3) is 10.9 Å². The molecule has 0 amide bonds. The van der Waals surface area contributed by atoms with Crippen LogP contribution in [0.5, 0.6) is 23.0 Å². The molecule has 0 aliphatic carbocycles. The van der Waals surface area contributed by atoms with Crippen LogP contribution in [-0.2, 0) is 4.74 Å². The number of aromatic nitrogens is 1. The lowest BCUT2D eigenvalue weighted by Crippen LogP contribution is -2.05. The van der Waals surface area contributed by atoms with Crippen LogP contribution in [0.2, 0.25) is 0 Å². The van der Waals surface area contributed by atoms with Crippen molar-refractivity contribution < 1.29 is 23.7 Å². The minimum atomic E-state index is -0.0942. The molecular formula is C27H23NO5. The molecule has 1 aliphatic heterocycles. The highest BCUT2D eigenvalue weighted by Crippen LogP contribution is 2.38. The molecule has 0 spiro atoms. The van der Waals surface area contributed by atoms with Crippen molar-refractivity contribution in [3.05, 3.63) is 89.6 Å². The van der Waals surface area contributed by atoms with Crippen LogP contribution in [0.15, 0.2) is 72.9 Å². The Labute approximate surface area is 191 Å². The smallest absolute Gasteiger partial charge is 0.196 e. The molecule has 1 unspecified atom stereocenters. The van der Waals surface area contributed by atoms with Crippen LogP contribution in [0.3, 0.4) is 0 Å². The molecule has 3 aromatic carbocycles. The molecule has 4 aromatic rings. The van der Waals surface area contributed by atoms with Gasteiger partial charge in [0.25, 0.3) is 0 Å². The van der Waals surface area contributed by atoms with Gasteiger partial charge in [-0.2, -0.15) is 0 Å². The second kappa shape index (κ2) is 8.92. The number of aryl methyl sites for hydroxylation is 1. The molecule has 5 rings (SSSR count). The first kappa shape index (κ1) is 21.0. The molecule has 0 radical (unpaired) electrons. The Morgan fingerprint density at radius 1 is 1.00 bits per heavy atom. The van der Waals surface area contributed by atoms with Crippen molar-refractivity contribution in [3.63, 3.8) is 0 Å². The first-order valence-corrected chi connectivity index (χ1v) is 10.7. The molecule has 1 atom stereocenters. The van der Waals surface area contributed by atoms with E-state index in [0.29, 0.717) is 52.9 Å². The quantitative estimate of drug-likeness (QED) is 0.271. The summed E-state index contributed by atoms with van der Waals surface area (Å²) in [6.45, 7) is 3.13. The average Bonchev–Trinajstić information content (AvgIpc) is 3.68. The largest absolute Gasteiger partial charge is 0.493 e. The van der Waals surface area contributed by atoms with Gasteiger partial charge in [0.15, 0.2) is 17.3 Å². The van der Waals surface area contributed by atoms with Crippen LogP contribution in [0.4, 0.5) is 0 Å². The molecule has 1 aromatic heterocycles. The predicted molar refractivity (Wildman–Crippen MR) is 125 cm³/mol. The topological polar surface area (TPSA) is 70.2 Å². The van der Waals surface area contributed by atoms with Crippen LogP contribution in [-0.4, -0.2) is 37.2 Å². The summed E-state index contributed by atoms with van der Waals surface area (Å²) in [5, 5.41) is 0.753. The van der Waals surface area contributed by atoms with E-state index in [2.05, 4.69) is 4.98 Å². The van der Waals surface area contributed by atoms with Gasteiger partial charge in [-0.05, 0) is 31.2 Å². The van der Waals surface area contributed by atoms with E-state index in [1.165, 1.54) is 0 Å². The lowest BCUT2D eigenvalue weighted by Gasteiger charge is -2.15. The predicted octanol–water partition coefficient (Wildman–Crippen LogP) is 5.35. The molecule has 1 fully saturated rings. The summed E-state index contributed by atoms with van der Waals surface area (Å²) in [7, 11) is 1.59. The molecule has 6 nitrogen and oxygen atoms in total. The fourth-order valence-corrected chi connectivity index (χ4v) is 3.61. The van der Waals surface area contributed by atoms with Crippen molar-refractivity contribution in [2.75, 3.05) is 20.3 Å². The van der Waals surface area contributed by atoms with Crippen molar-refractivity contribution in [1.82, 2.24) is 4.98 Å². The van der Waals surface area contributed by atoms with Gasteiger partial charge in [-0.15, -0.1) is 0 Å². The number of methoxy groups -OCH3 is 1. The van der Waals surface area contributed by atoms with E-state index >= 15 is 0 Å². The number of carbonyl (C=O) groups excluding carboxylic acids is 1. The number of nitrogens with zero attached hydrogens (tertiary/aromatic N) is 1. The second-order valence-electron chi connectivity index (χ2n) is 7.89. The Balaban J connectivity index is 1.52. The van der Waals surface area contributed by atoms with E-state index in [1.807, 2.05) is 55.5 Å². The zero-order valence-electron chi connectivity index (χ0n) is 18.4. The van der Waals surface area contributed by atoms with Crippen molar-refractivity contribution >= 4 is 16.7 Å². The van der Waals surface area contributed by atoms with Gasteiger partial charge in [-0.1, -0.05) is 42.0 Å². The maximum Gasteiger partial charge on any atom is 0.196 e. The number of benzene rings is 3. The number of hydrogen-bond donors (Lipinski definition) is 0. The minimum Gasteiger partial charge on any atom is -0.493 e. The van der Waals surface area contributed by atoms with Gasteiger partial charge < -0.3 is 18.9 Å². The zero-order chi connectivity index (χ0) is 22.8. The normalized spacial score (nSPS) is 14.7. The number of pyridine rings is 1. The molecule has 0 saturated carbocycles. The summed E-state index contributed by atoms with van der Waals surface area (Å²) >= 11 is 0. The van der Waals surface area contributed by atoms with Crippen LogP contribution in [0.1, 0.15) is 21.5 Å². The lowest BCUT2D eigenvalue weighted by atomic mass is 10.0. The van der Waals surface area contributed by atoms with Gasteiger partial charge in [0.1, 0.15) is 24.2 Å². The molecule has 0 bridgehead atoms. The maximum atomic E-state index is 13.2. The number of ketones is 1. The highest BCUT2D eigenvalue weighted by Gasteiger charge is 2.24. The molecule has 166 valence electrons. The minimum absolute atomic E-state index is 0.0942. The fourth-order valence-electron chi connectivity index (χ4n) is 3.61. The third-order valence-corrected chi connectivity index (χ3v) is 5.45. The summed E-state index contributed by atoms with van der Waals surface area (Å²) in [4.78, 5) is 17.7. The Hall–Kier alpha value is -3.90. The van der Waals surface area contributed by atoms with Gasteiger partial charge in [-0.25, -0.2) is 0 Å². The molecule has 0 N–H and O–H groups in total. The van der Waals surface area contributed by atoms with Crippen molar-refractivity contribution in [1.29, 1.82) is 0 Å². The maximum absolute atomic E-state index is 13.2. The Morgan fingerprint density at radius 3 is 2.58 bits per heavy atom. The molecule has 33 heavy (non-hydrogen) atoms. The zero-order valence-corrected chi connectivity index (χ0v) is 18.4. The van der Waals surface area contributed by atoms with Crippen molar-refractivity contribution in [2.45, 2.75) is 13.0 Å².